The Morgan fingerprint density at radius 3 is 1.87 bits per heavy atom. The predicted molar refractivity (Wildman–Crippen MR) is 144 cm³/mol. The summed E-state index contributed by atoms with van der Waals surface area (Å²) in [7, 11) is 0. The molecule has 0 radical (unpaired) electrons. The van der Waals surface area contributed by atoms with E-state index in [9.17, 15) is 29.1 Å². The monoisotopic (exact) mass is 562 g/mol. The van der Waals surface area contributed by atoms with Crippen LogP contribution in [0.15, 0.2) is 4.99 Å². The van der Waals surface area contributed by atoms with Crippen molar-refractivity contribution in [2.75, 3.05) is 25.1 Å². The van der Waals surface area contributed by atoms with Crippen molar-refractivity contribution in [3.8, 4) is 0 Å². The molecule has 4 unspecified atom stereocenters. The molecule has 0 saturated heterocycles. The maximum atomic E-state index is 13.2. The van der Waals surface area contributed by atoms with Crippen molar-refractivity contribution in [1.82, 2.24) is 16.0 Å². The van der Waals surface area contributed by atoms with Crippen LogP contribution >= 0.6 is 11.8 Å². The fourth-order valence-corrected chi connectivity index (χ4v) is 3.75. The molecular weight excluding hydrogens is 520 g/mol. The summed E-state index contributed by atoms with van der Waals surface area (Å²) < 4.78 is 0. The van der Waals surface area contributed by atoms with Crippen molar-refractivity contribution in [2.45, 2.75) is 75.5 Å². The summed E-state index contributed by atoms with van der Waals surface area (Å²) in [6.45, 7) is 0.530. The van der Waals surface area contributed by atoms with Gasteiger partial charge in [0.05, 0.1) is 6.04 Å². The van der Waals surface area contributed by atoms with Gasteiger partial charge in [-0.05, 0) is 63.5 Å². The standard InChI is InChI=1S/C22H42N8O7S/c1-38-12-9-13(24)18(33)28-14(5-2-3-10-23)19(34)29-15(6-4-11-27-22(25)26)20(35)30-16(21(36)37)7-8-17(31)32/h13-16H,2-12,23-24H2,1H3,(H,28,33)(H,29,34)(H,30,35)(H,31,32)(H,36,37)(H4,25,26,27). The minimum atomic E-state index is -1.48. The van der Waals surface area contributed by atoms with Gasteiger partial charge in [0.1, 0.15) is 18.1 Å². The summed E-state index contributed by atoms with van der Waals surface area (Å²) in [5, 5.41) is 25.7. The highest BCUT2D eigenvalue weighted by Crippen LogP contribution is 2.07. The van der Waals surface area contributed by atoms with Crippen LogP contribution in [-0.4, -0.2) is 95.1 Å². The Hall–Kier alpha value is -3.11. The molecule has 0 aromatic heterocycles. The fourth-order valence-electron chi connectivity index (χ4n) is 3.26. The van der Waals surface area contributed by atoms with Gasteiger partial charge in [-0.15, -0.1) is 0 Å². The highest BCUT2D eigenvalue weighted by Gasteiger charge is 2.30. The lowest BCUT2D eigenvalue weighted by molar-refractivity contribution is -0.143. The van der Waals surface area contributed by atoms with Gasteiger partial charge in [-0.2, -0.15) is 11.8 Å². The van der Waals surface area contributed by atoms with E-state index in [-0.39, 0.29) is 38.2 Å². The Kier molecular flexibility index (Phi) is 18.3. The van der Waals surface area contributed by atoms with Gasteiger partial charge >= 0.3 is 11.9 Å². The first-order valence-electron chi connectivity index (χ1n) is 12.3. The summed E-state index contributed by atoms with van der Waals surface area (Å²) in [5.41, 5.74) is 22.1. The molecule has 13 N–H and O–H groups in total. The summed E-state index contributed by atoms with van der Waals surface area (Å²) in [5.74, 6) is -4.15. The average molecular weight is 563 g/mol. The lowest BCUT2D eigenvalue weighted by Crippen LogP contribution is -2.57. The van der Waals surface area contributed by atoms with E-state index in [1.165, 1.54) is 11.8 Å². The van der Waals surface area contributed by atoms with Crippen LogP contribution < -0.4 is 38.9 Å². The van der Waals surface area contributed by atoms with Gasteiger partial charge in [0.2, 0.25) is 17.7 Å². The third-order valence-electron chi connectivity index (χ3n) is 5.39. The summed E-state index contributed by atoms with van der Waals surface area (Å²) >= 11 is 1.53. The lowest BCUT2D eigenvalue weighted by Gasteiger charge is -2.25. The van der Waals surface area contributed by atoms with Crippen LogP contribution in [-0.2, 0) is 24.0 Å². The van der Waals surface area contributed by atoms with Crippen molar-refractivity contribution in [1.29, 1.82) is 0 Å². The van der Waals surface area contributed by atoms with E-state index in [4.69, 9.17) is 28.0 Å². The van der Waals surface area contributed by atoms with Crippen molar-refractivity contribution < 1.29 is 34.2 Å². The number of rotatable bonds is 21. The highest BCUT2D eigenvalue weighted by molar-refractivity contribution is 7.98. The van der Waals surface area contributed by atoms with E-state index >= 15 is 0 Å². The van der Waals surface area contributed by atoms with E-state index in [1.54, 1.807) is 0 Å². The number of carboxylic acid groups (broad SMARTS) is 2. The molecule has 0 rings (SSSR count). The Morgan fingerprint density at radius 1 is 0.816 bits per heavy atom. The normalized spacial score (nSPS) is 13.9. The van der Waals surface area contributed by atoms with Crippen LogP contribution in [0, 0.1) is 0 Å². The molecule has 3 amide bonds. The second-order valence-corrected chi connectivity index (χ2v) is 9.56. The number of nitrogens with two attached hydrogens (primary N) is 4. The second kappa shape index (κ2) is 19.9. The Morgan fingerprint density at radius 2 is 1.37 bits per heavy atom. The summed E-state index contributed by atoms with van der Waals surface area (Å²) in [6, 6.07) is -4.52. The molecule has 0 aromatic carbocycles. The number of carboxylic acids is 2. The number of carbonyl (C=O) groups excluding carboxylic acids is 3. The minimum absolute atomic E-state index is 0.0380. The van der Waals surface area contributed by atoms with Gasteiger partial charge in [-0.25, -0.2) is 4.79 Å². The predicted octanol–water partition coefficient (Wildman–Crippen LogP) is -2.35. The van der Waals surface area contributed by atoms with Gasteiger partial charge in [0.25, 0.3) is 0 Å². The number of nitrogens with one attached hydrogen (secondary N) is 3. The Labute approximate surface area is 226 Å². The van der Waals surface area contributed by atoms with Gasteiger partial charge in [-0.1, -0.05) is 0 Å². The Balaban J connectivity index is 5.64. The largest absolute Gasteiger partial charge is 0.481 e. The molecule has 0 heterocycles. The second-order valence-electron chi connectivity index (χ2n) is 8.58. The van der Waals surface area contributed by atoms with Crippen molar-refractivity contribution in [2.24, 2.45) is 27.9 Å². The maximum absolute atomic E-state index is 13.2. The molecule has 0 fully saturated rings. The van der Waals surface area contributed by atoms with E-state index in [1.807, 2.05) is 6.26 Å². The molecule has 0 saturated carbocycles. The van der Waals surface area contributed by atoms with E-state index in [0.29, 0.717) is 31.6 Å². The molecule has 0 spiro atoms. The topological polar surface area (TPSA) is 278 Å². The smallest absolute Gasteiger partial charge is 0.326 e. The first-order chi connectivity index (χ1) is 17.9. The molecule has 218 valence electrons. The number of guanidine groups is 1. The van der Waals surface area contributed by atoms with Crippen LogP contribution in [0.3, 0.4) is 0 Å². The van der Waals surface area contributed by atoms with Crippen LogP contribution in [0.1, 0.15) is 51.4 Å². The molecule has 0 aromatic rings. The Bertz CT molecular complexity index is 811. The van der Waals surface area contributed by atoms with Crippen molar-refractivity contribution >= 4 is 47.4 Å². The molecule has 38 heavy (non-hydrogen) atoms. The van der Waals surface area contributed by atoms with E-state index < -0.39 is 60.2 Å². The van der Waals surface area contributed by atoms with Gasteiger partial charge < -0.3 is 49.1 Å². The van der Waals surface area contributed by atoms with Gasteiger partial charge in [0.15, 0.2) is 5.96 Å². The maximum Gasteiger partial charge on any atom is 0.326 e. The average Bonchev–Trinajstić information content (AvgIpc) is 2.85. The number of aliphatic imine (C=N–C) groups is 1. The third kappa shape index (κ3) is 15.9. The van der Waals surface area contributed by atoms with Gasteiger partial charge in [0, 0.05) is 13.0 Å². The molecule has 15 nitrogen and oxygen atoms in total. The molecule has 0 aliphatic carbocycles. The highest BCUT2D eigenvalue weighted by atomic mass is 32.2. The van der Waals surface area contributed by atoms with Crippen LogP contribution in [0.4, 0.5) is 0 Å². The fraction of sp³-hybridized carbons (Fsp3) is 0.727. The van der Waals surface area contributed by atoms with Crippen molar-refractivity contribution in [3.05, 3.63) is 0 Å². The zero-order valence-electron chi connectivity index (χ0n) is 21.7. The molecule has 0 aliphatic rings. The third-order valence-corrected chi connectivity index (χ3v) is 6.03. The zero-order valence-corrected chi connectivity index (χ0v) is 22.5. The number of hydrogen-bond donors (Lipinski definition) is 9. The number of nitrogens with zero attached hydrogens (tertiary/aromatic N) is 1. The summed E-state index contributed by atoms with van der Waals surface area (Å²) in [6.07, 6.45) is 3.11. The summed E-state index contributed by atoms with van der Waals surface area (Å²) in [4.78, 5) is 64.9. The number of unbranched alkanes of at least 4 members (excludes halogenated alkanes) is 1. The SMILES string of the molecule is CSCCC(N)C(=O)NC(CCCCN)C(=O)NC(CCCN=C(N)N)C(=O)NC(CCC(=O)O)C(=O)O. The zero-order chi connectivity index (χ0) is 29.1. The first-order valence-corrected chi connectivity index (χ1v) is 13.7. The van der Waals surface area contributed by atoms with Crippen LogP contribution in [0.2, 0.25) is 0 Å². The van der Waals surface area contributed by atoms with E-state index in [2.05, 4.69) is 20.9 Å². The molecule has 4 atom stereocenters. The molecular formula is C22H42N8O7S. The number of thioether (sulfide) groups is 1. The number of carbonyl (C=O) groups is 5. The number of amides is 3. The quantitative estimate of drug-likeness (QED) is 0.0404. The van der Waals surface area contributed by atoms with E-state index in [0.717, 1.165) is 0 Å². The van der Waals surface area contributed by atoms with Crippen LogP contribution in [0.25, 0.3) is 0 Å². The van der Waals surface area contributed by atoms with Gasteiger partial charge in [-0.3, -0.25) is 24.2 Å². The minimum Gasteiger partial charge on any atom is -0.481 e. The number of hydrogen-bond acceptors (Lipinski definition) is 9. The number of aliphatic carboxylic acids is 2. The van der Waals surface area contributed by atoms with Crippen LogP contribution in [0.5, 0.6) is 0 Å². The first kappa shape index (κ1) is 34.9. The molecule has 0 aliphatic heterocycles. The lowest BCUT2D eigenvalue weighted by atomic mass is 10.0. The molecule has 0 bridgehead atoms. The molecule has 16 heteroatoms. The van der Waals surface area contributed by atoms with Crippen molar-refractivity contribution in [3.63, 3.8) is 0 Å².